The van der Waals surface area contributed by atoms with Crippen LogP contribution in [0, 0.1) is 0 Å². The van der Waals surface area contributed by atoms with E-state index in [2.05, 4.69) is 0 Å². The zero-order chi connectivity index (χ0) is 18.0. The van der Waals surface area contributed by atoms with E-state index in [4.69, 9.17) is 0 Å². The molecule has 0 spiro atoms. The molecular formula is C19H21F3OSi. The quantitative estimate of drug-likeness (QED) is 0.803. The number of rotatable bonds is 4. The van der Waals surface area contributed by atoms with Gasteiger partial charge in [-0.2, -0.15) is 13.2 Å². The van der Waals surface area contributed by atoms with Crippen molar-refractivity contribution in [2.75, 3.05) is 0 Å². The molecule has 0 heterocycles. The highest BCUT2D eigenvalue weighted by atomic mass is 28.3. The smallest absolute Gasteiger partial charge is 0.381 e. The molecule has 2 aromatic carbocycles. The first kappa shape index (κ1) is 18.5. The van der Waals surface area contributed by atoms with Crippen LogP contribution < -0.4 is 5.19 Å². The minimum Gasteiger partial charge on any atom is -0.381 e. The van der Waals surface area contributed by atoms with E-state index in [-0.39, 0.29) is 5.56 Å². The molecule has 0 bridgehead atoms. The van der Waals surface area contributed by atoms with Crippen LogP contribution in [-0.2, 0) is 5.60 Å². The van der Waals surface area contributed by atoms with Crippen LogP contribution in [0.15, 0.2) is 71.9 Å². The number of benzene rings is 2. The summed E-state index contributed by atoms with van der Waals surface area (Å²) < 4.78 is 41.2. The van der Waals surface area contributed by atoms with Gasteiger partial charge in [0.15, 0.2) is 0 Å². The van der Waals surface area contributed by atoms with Crippen molar-refractivity contribution in [1.82, 2.24) is 0 Å². The molecular weight excluding hydrogens is 329 g/mol. The Balaban J connectivity index is 2.58. The second-order valence-electron chi connectivity index (χ2n) is 6.58. The Morgan fingerprint density at radius 3 is 1.83 bits per heavy atom. The fraction of sp³-hybridized carbons (Fsp3) is 0.263. The third-order valence-electron chi connectivity index (χ3n) is 4.19. The maximum atomic E-state index is 13.7. The lowest BCUT2D eigenvalue weighted by Gasteiger charge is -2.31. The lowest BCUT2D eigenvalue weighted by molar-refractivity contribution is -0.119. The molecule has 1 nitrogen and oxygen atoms in total. The lowest BCUT2D eigenvalue weighted by Crippen LogP contribution is -2.43. The van der Waals surface area contributed by atoms with Crippen molar-refractivity contribution in [2.45, 2.75) is 31.8 Å². The lowest BCUT2D eigenvalue weighted by atomic mass is 9.88. The molecule has 0 aliphatic heterocycles. The summed E-state index contributed by atoms with van der Waals surface area (Å²) in [5.74, 6) is 0. The molecule has 1 unspecified atom stereocenters. The Bertz CT molecular complexity index is 704. The van der Waals surface area contributed by atoms with Gasteiger partial charge in [0.25, 0.3) is 0 Å². The summed E-state index contributed by atoms with van der Waals surface area (Å²) in [6, 6.07) is 17.1. The number of hydrogen-bond donors (Lipinski definition) is 1. The summed E-state index contributed by atoms with van der Waals surface area (Å²) in [5.41, 5.74) is -1.51. The van der Waals surface area contributed by atoms with Gasteiger partial charge < -0.3 is 5.11 Å². The third-order valence-corrected chi connectivity index (χ3v) is 7.02. The molecule has 0 saturated heterocycles. The predicted molar refractivity (Wildman–Crippen MR) is 93.7 cm³/mol. The van der Waals surface area contributed by atoms with Crippen molar-refractivity contribution in [3.05, 3.63) is 77.5 Å². The Morgan fingerprint density at radius 2 is 1.38 bits per heavy atom. The molecule has 2 aromatic rings. The van der Waals surface area contributed by atoms with Gasteiger partial charge in [0.2, 0.25) is 0 Å². The minimum atomic E-state index is -4.61. The molecule has 1 atom stereocenters. The predicted octanol–water partition coefficient (Wildman–Crippen LogP) is 4.54. The minimum absolute atomic E-state index is 0.228. The Labute approximate surface area is 141 Å². The van der Waals surface area contributed by atoms with Crippen LogP contribution in [0.3, 0.4) is 0 Å². The molecule has 24 heavy (non-hydrogen) atoms. The summed E-state index contributed by atoms with van der Waals surface area (Å²) in [5, 5.41) is 11.6. The molecule has 0 radical (unpaired) electrons. The van der Waals surface area contributed by atoms with Gasteiger partial charge >= 0.3 is 6.18 Å². The zero-order valence-electron chi connectivity index (χ0n) is 13.9. The summed E-state index contributed by atoms with van der Waals surface area (Å²) in [6.45, 7) is 4.89. The second kappa shape index (κ2) is 6.57. The largest absolute Gasteiger partial charge is 0.415 e. The van der Waals surface area contributed by atoms with Gasteiger partial charge in [-0.15, -0.1) is 0 Å². The van der Waals surface area contributed by atoms with Gasteiger partial charge in [0.05, 0.1) is 5.57 Å². The number of alkyl halides is 3. The van der Waals surface area contributed by atoms with Crippen LogP contribution in [0.2, 0.25) is 13.1 Å². The first-order chi connectivity index (χ1) is 11.0. The summed E-state index contributed by atoms with van der Waals surface area (Å²) in [7, 11) is -2.54. The van der Waals surface area contributed by atoms with Crippen LogP contribution in [0.1, 0.15) is 12.5 Å². The molecule has 0 amide bonds. The fourth-order valence-corrected chi connectivity index (χ4v) is 5.11. The first-order valence-electron chi connectivity index (χ1n) is 7.69. The average Bonchev–Trinajstić information content (AvgIpc) is 2.53. The molecule has 0 saturated carbocycles. The van der Waals surface area contributed by atoms with Crippen LogP contribution in [0.5, 0.6) is 0 Å². The van der Waals surface area contributed by atoms with Gasteiger partial charge in [-0.25, -0.2) is 0 Å². The molecule has 1 N–H and O–H groups in total. The highest BCUT2D eigenvalue weighted by Gasteiger charge is 2.46. The van der Waals surface area contributed by atoms with E-state index in [0.717, 1.165) is 5.19 Å². The molecule has 2 rings (SSSR count). The Morgan fingerprint density at radius 1 is 0.917 bits per heavy atom. The monoisotopic (exact) mass is 350 g/mol. The second-order valence-corrected chi connectivity index (χ2v) is 10.9. The van der Waals surface area contributed by atoms with E-state index >= 15 is 0 Å². The Kier molecular flexibility index (Phi) is 5.06. The van der Waals surface area contributed by atoms with Crippen LogP contribution in [0.4, 0.5) is 13.2 Å². The molecule has 5 heteroatoms. The summed E-state index contributed by atoms with van der Waals surface area (Å²) >= 11 is 0. The van der Waals surface area contributed by atoms with E-state index in [1.807, 2.05) is 43.4 Å². The van der Waals surface area contributed by atoms with Crippen molar-refractivity contribution in [2.24, 2.45) is 0 Å². The van der Waals surface area contributed by atoms with E-state index in [1.165, 1.54) is 24.8 Å². The van der Waals surface area contributed by atoms with Gasteiger partial charge in [-0.3, -0.25) is 0 Å². The molecule has 128 valence electrons. The molecule has 0 fully saturated rings. The van der Waals surface area contributed by atoms with Crippen LogP contribution >= 0.6 is 0 Å². The summed E-state index contributed by atoms with van der Waals surface area (Å²) in [4.78, 5) is 0. The Hall–Kier alpha value is -1.85. The van der Waals surface area contributed by atoms with Crippen LogP contribution in [-0.4, -0.2) is 19.4 Å². The van der Waals surface area contributed by atoms with Gasteiger partial charge in [-0.1, -0.05) is 84.6 Å². The van der Waals surface area contributed by atoms with Crippen molar-refractivity contribution in [3.63, 3.8) is 0 Å². The zero-order valence-corrected chi connectivity index (χ0v) is 14.9. The van der Waals surface area contributed by atoms with Crippen molar-refractivity contribution in [3.8, 4) is 0 Å². The topological polar surface area (TPSA) is 20.2 Å². The number of halogens is 3. The maximum Gasteiger partial charge on any atom is 0.415 e. The maximum absolute atomic E-state index is 13.7. The van der Waals surface area contributed by atoms with E-state index in [1.54, 1.807) is 18.2 Å². The SMILES string of the molecule is CC(O)(/C(=C/[Si](C)(C)c1ccccc1)C(F)(F)F)c1ccccc1. The van der Waals surface area contributed by atoms with Crippen molar-refractivity contribution >= 4 is 13.3 Å². The van der Waals surface area contributed by atoms with E-state index < -0.39 is 25.4 Å². The average molecular weight is 350 g/mol. The summed E-state index contributed by atoms with van der Waals surface area (Å²) in [6.07, 6.45) is -4.61. The van der Waals surface area contributed by atoms with Crippen molar-refractivity contribution in [1.29, 1.82) is 0 Å². The van der Waals surface area contributed by atoms with Crippen molar-refractivity contribution < 1.29 is 18.3 Å². The van der Waals surface area contributed by atoms with E-state index in [9.17, 15) is 18.3 Å². The molecule has 0 aliphatic rings. The highest BCUT2D eigenvalue weighted by Crippen LogP contribution is 2.40. The molecule has 0 aliphatic carbocycles. The number of aliphatic hydroxyl groups is 1. The van der Waals surface area contributed by atoms with Gasteiger partial charge in [0.1, 0.15) is 13.7 Å². The fourth-order valence-electron chi connectivity index (χ4n) is 2.73. The van der Waals surface area contributed by atoms with E-state index in [0.29, 0.717) is 0 Å². The highest BCUT2D eigenvalue weighted by molar-refractivity contribution is 6.94. The first-order valence-corrected chi connectivity index (χ1v) is 10.8. The third kappa shape index (κ3) is 3.97. The van der Waals surface area contributed by atoms with Gasteiger partial charge in [-0.05, 0) is 12.5 Å². The van der Waals surface area contributed by atoms with Gasteiger partial charge in [0, 0.05) is 0 Å². The normalized spacial score (nSPS) is 15.9. The van der Waals surface area contributed by atoms with Crippen LogP contribution in [0.25, 0.3) is 0 Å². The molecule has 0 aromatic heterocycles. The number of hydrogen-bond acceptors (Lipinski definition) is 1. The standard InChI is InChI=1S/C19H21F3OSi/c1-18(23,15-10-6-4-7-11-15)17(19(20,21)22)14-24(2,3)16-12-8-5-9-13-16/h4-14,23H,1-3H3/b17-14-.